The Morgan fingerprint density at radius 2 is 1.76 bits per heavy atom. The van der Waals surface area contributed by atoms with Gasteiger partial charge in [0.25, 0.3) is 0 Å². The van der Waals surface area contributed by atoms with Crippen LogP contribution in [0.5, 0.6) is 5.75 Å². The predicted octanol–water partition coefficient (Wildman–Crippen LogP) is 2.88. The molecule has 0 radical (unpaired) electrons. The summed E-state index contributed by atoms with van der Waals surface area (Å²) in [4.78, 5) is 28.1. The molecule has 1 heterocycles. The summed E-state index contributed by atoms with van der Waals surface area (Å²) >= 11 is 0. The predicted molar refractivity (Wildman–Crippen MR) is 98.6 cm³/mol. The monoisotopic (exact) mass is 346 g/mol. The van der Waals surface area contributed by atoms with Gasteiger partial charge in [0, 0.05) is 39.5 Å². The highest BCUT2D eigenvalue weighted by Crippen LogP contribution is 2.18. The average Bonchev–Trinajstić information content (AvgIpc) is 2.91. The number of likely N-dealkylation sites (tertiary alicyclic amines) is 1. The molecular formula is C20H30N2O3. The molecule has 0 N–H and O–H groups in total. The van der Waals surface area contributed by atoms with Gasteiger partial charge in [-0.25, -0.2) is 0 Å². The third-order valence-electron chi connectivity index (χ3n) is 4.84. The van der Waals surface area contributed by atoms with Gasteiger partial charge in [0.05, 0.1) is 7.11 Å². The molecule has 1 aromatic rings. The number of rotatable bonds is 7. The van der Waals surface area contributed by atoms with E-state index < -0.39 is 0 Å². The number of amides is 2. The topological polar surface area (TPSA) is 49.9 Å². The number of ether oxygens (including phenoxy) is 1. The van der Waals surface area contributed by atoms with Crippen molar-refractivity contribution in [2.24, 2.45) is 0 Å². The maximum atomic E-state index is 12.4. The van der Waals surface area contributed by atoms with Crippen molar-refractivity contribution in [3.63, 3.8) is 0 Å². The molecule has 1 saturated heterocycles. The highest BCUT2D eigenvalue weighted by Gasteiger charge is 2.18. The Hall–Kier alpha value is -2.04. The number of carbonyl (C=O) groups excluding carboxylic acids is 2. The molecule has 1 aliphatic rings. The minimum absolute atomic E-state index is 0.0126. The van der Waals surface area contributed by atoms with Gasteiger partial charge in [-0.05, 0) is 30.9 Å². The molecule has 0 aliphatic carbocycles. The Balaban J connectivity index is 1.85. The van der Waals surface area contributed by atoms with Gasteiger partial charge in [-0.15, -0.1) is 0 Å². The molecule has 0 atom stereocenters. The summed E-state index contributed by atoms with van der Waals surface area (Å²) in [6.07, 6.45) is 5.74. The van der Waals surface area contributed by atoms with Gasteiger partial charge >= 0.3 is 0 Å². The fraction of sp³-hybridized carbons (Fsp3) is 0.600. The van der Waals surface area contributed by atoms with Gasteiger partial charge < -0.3 is 14.5 Å². The van der Waals surface area contributed by atoms with E-state index >= 15 is 0 Å². The van der Waals surface area contributed by atoms with E-state index in [0.717, 1.165) is 43.7 Å². The fourth-order valence-corrected chi connectivity index (χ4v) is 3.30. The smallest absolute Gasteiger partial charge is 0.224 e. The van der Waals surface area contributed by atoms with Crippen LogP contribution >= 0.6 is 0 Å². The van der Waals surface area contributed by atoms with Gasteiger partial charge in [0.1, 0.15) is 5.75 Å². The lowest BCUT2D eigenvalue weighted by Crippen LogP contribution is -2.37. The lowest BCUT2D eigenvalue weighted by molar-refractivity contribution is -0.133. The van der Waals surface area contributed by atoms with E-state index in [-0.39, 0.29) is 11.8 Å². The van der Waals surface area contributed by atoms with Gasteiger partial charge in [-0.2, -0.15) is 0 Å². The molecule has 5 nitrogen and oxygen atoms in total. The first-order chi connectivity index (χ1) is 12.1. The van der Waals surface area contributed by atoms with Crippen LogP contribution in [0, 0.1) is 0 Å². The number of benzene rings is 1. The Morgan fingerprint density at radius 3 is 2.40 bits per heavy atom. The molecule has 138 valence electrons. The van der Waals surface area contributed by atoms with Crippen LogP contribution in [-0.2, 0) is 16.0 Å². The molecule has 0 saturated carbocycles. The lowest BCUT2D eigenvalue weighted by Gasteiger charge is -2.24. The second kappa shape index (κ2) is 10.1. The quantitative estimate of drug-likeness (QED) is 0.763. The molecule has 1 fully saturated rings. The lowest BCUT2D eigenvalue weighted by atomic mass is 10.1. The molecule has 1 aromatic carbocycles. The van der Waals surface area contributed by atoms with E-state index in [4.69, 9.17) is 4.74 Å². The largest absolute Gasteiger partial charge is 0.496 e. The molecular weight excluding hydrogens is 316 g/mol. The van der Waals surface area contributed by atoms with Gasteiger partial charge in [0.15, 0.2) is 0 Å². The summed E-state index contributed by atoms with van der Waals surface area (Å²) in [5.41, 5.74) is 1.08. The summed E-state index contributed by atoms with van der Waals surface area (Å²) in [7, 11) is 1.65. The first-order valence-corrected chi connectivity index (χ1v) is 9.27. The molecule has 2 rings (SSSR count). The van der Waals surface area contributed by atoms with E-state index in [2.05, 4.69) is 0 Å². The first-order valence-electron chi connectivity index (χ1n) is 9.27. The average molecular weight is 346 g/mol. The number of para-hydroxylation sites is 1. The van der Waals surface area contributed by atoms with Crippen LogP contribution in [0.1, 0.15) is 44.6 Å². The van der Waals surface area contributed by atoms with Crippen LogP contribution < -0.4 is 4.74 Å². The van der Waals surface area contributed by atoms with E-state index in [1.165, 1.54) is 12.8 Å². The summed E-state index contributed by atoms with van der Waals surface area (Å²) in [5, 5.41) is 0. The van der Waals surface area contributed by atoms with Gasteiger partial charge in [-0.1, -0.05) is 31.0 Å². The van der Waals surface area contributed by atoms with Crippen LogP contribution in [0.4, 0.5) is 0 Å². The SMILES string of the molecule is COc1ccccc1CCN(CCC(=O)N1CCCCCC1)C(C)=O. The van der Waals surface area contributed by atoms with E-state index in [0.29, 0.717) is 19.5 Å². The van der Waals surface area contributed by atoms with E-state index in [9.17, 15) is 9.59 Å². The highest BCUT2D eigenvalue weighted by atomic mass is 16.5. The van der Waals surface area contributed by atoms with Crippen LogP contribution in [0.15, 0.2) is 24.3 Å². The maximum absolute atomic E-state index is 12.4. The zero-order chi connectivity index (χ0) is 18.1. The van der Waals surface area contributed by atoms with Crippen molar-refractivity contribution in [2.45, 2.75) is 45.4 Å². The van der Waals surface area contributed by atoms with E-state index in [1.54, 1.807) is 18.9 Å². The molecule has 25 heavy (non-hydrogen) atoms. The number of carbonyl (C=O) groups is 2. The summed E-state index contributed by atoms with van der Waals surface area (Å²) in [6, 6.07) is 7.85. The highest BCUT2D eigenvalue weighted by molar-refractivity contribution is 5.78. The third-order valence-corrected chi connectivity index (χ3v) is 4.84. The molecule has 0 spiro atoms. The second-order valence-electron chi connectivity index (χ2n) is 6.61. The van der Waals surface area contributed by atoms with Gasteiger partial charge in [0.2, 0.25) is 11.8 Å². The van der Waals surface area contributed by atoms with Crippen molar-refractivity contribution in [1.29, 1.82) is 0 Å². The minimum Gasteiger partial charge on any atom is -0.496 e. The van der Waals surface area contributed by atoms with Crippen LogP contribution in [0.3, 0.4) is 0 Å². The molecule has 0 bridgehead atoms. The van der Waals surface area contributed by atoms with Gasteiger partial charge in [-0.3, -0.25) is 9.59 Å². The van der Waals surface area contributed by atoms with Crippen molar-refractivity contribution >= 4 is 11.8 Å². The summed E-state index contributed by atoms with van der Waals surface area (Å²) in [5.74, 6) is 1.02. The molecule has 5 heteroatoms. The Bertz CT molecular complexity index is 566. The van der Waals surface area contributed by atoms with Crippen molar-refractivity contribution in [3.05, 3.63) is 29.8 Å². The number of hydrogen-bond acceptors (Lipinski definition) is 3. The van der Waals surface area contributed by atoms with Crippen molar-refractivity contribution in [1.82, 2.24) is 9.80 Å². The normalized spacial score (nSPS) is 14.7. The fourth-order valence-electron chi connectivity index (χ4n) is 3.30. The van der Waals surface area contributed by atoms with Crippen LogP contribution in [-0.4, -0.2) is 54.9 Å². The summed E-state index contributed by atoms with van der Waals surface area (Å²) in [6.45, 7) is 4.38. The van der Waals surface area contributed by atoms with Crippen LogP contribution in [0.2, 0.25) is 0 Å². The number of methoxy groups -OCH3 is 1. The van der Waals surface area contributed by atoms with Crippen molar-refractivity contribution in [2.75, 3.05) is 33.3 Å². The van der Waals surface area contributed by atoms with Crippen molar-refractivity contribution < 1.29 is 14.3 Å². The summed E-state index contributed by atoms with van der Waals surface area (Å²) < 4.78 is 5.36. The zero-order valence-corrected chi connectivity index (χ0v) is 15.5. The Kier molecular flexibility index (Phi) is 7.76. The van der Waals surface area contributed by atoms with Crippen LogP contribution in [0.25, 0.3) is 0 Å². The zero-order valence-electron chi connectivity index (χ0n) is 15.5. The van der Waals surface area contributed by atoms with E-state index in [1.807, 2.05) is 29.2 Å². The van der Waals surface area contributed by atoms with Crippen molar-refractivity contribution in [3.8, 4) is 5.75 Å². The molecule has 1 aliphatic heterocycles. The second-order valence-corrected chi connectivity index (χ2v) is 6.61. The minimum atomic E-state index is 0.0126. The standard InChI is InChI=1S/C20H30N2O3/c1-17(23)21(15-11-18-9-5-6-10-19(18)25-2)16-12-20(24)22-13-7-3-4-8-14-22/h5-6,9-10H,3-4,7-8,11-16H2,1-2H3. The maximum Gasteiger partial charge on any atom is 0.224 e. The molecule has 0 unspecified atom stereocenters. The Labute approximate surface area is 150 Å². The third kappa shape index (κ3) is 6.07. The number of nitrogens with zero attached hydrogens (tertiary/aromatic N) is 2. The first kappa shape index (κ1) is 19.3. The number of hydrogen-bond donors (Lipinski definition) is 0. The molecule has 0 aromatic heterocycles. The molecule has 2 amide bonds. The Morgan fingerprint density at radius 1 is 1.08 bits per heavy atom.